The topological polar surface area (TPSA) is 83.1 Å². The Kier molecular flexibility index (Phi) is 6.47. The van der Waals surface area contributed by atoms with Gasteiger partial charge in [-0.05, 0) is 47.9 Å². The van der Waals surface area contributed by atoms with E-state index in [4.69, 9.17) is 0 Å². The van der Waals surface area contributed by atoms with Gasteiger partial charge in [0.25, 0.3) is 5.91 Å². The summed E-state index contributed by atoms with van der Waals surface area (Å²) in [6.07, 6.45) is 3.88. The van der Waals surface area contributed by atoms with Crippen molar-refractivity contribution in [3.8, 4) is 0 Å². The van der Waals surface area contributed by atoms with E-state index in [1.165, 1.54) is 17.8 Å². The number of thioether (sulfide) groups is 1. The average molecular weight is 437 g/mol. The minimum Gasteiger partial charge on any atom is -0.334 e. The molecule has 1 aliphatic heterocycles. The van der Waals surface area contributed by atoms with Crippen molar-refractivity contribution in [1.82, 2.24) is 15.6 Å². The van der Waals surface area contributed by atoms with Gasteiger partial charge in [-0.15, -0.1) is 11.8 Å². The third-order valence-corrected chi connectivity index (χ3v) is 6.10. The number of pyridine rings is 1. The van der Waals surface area contributed by atoms with E-state index in [-0.39, 0.29) is 23.8 Å². The lowest BCUT2D eigenvalue weighted by atomic mass is 10.0. The number of carbonyl (C=O) groups is 2. The van der Waals surface area contributed by atoms with Crippen molar-refractivity contribution in [2.24, 2.45) is 0 Å². The summed E-state index contributed by atoms with van der Waals surface area (Å²) in [4.78, 5) is 29.1. The molecule has 1 unspecified atom stereocenters. The van der Waals surface area contributed by atoms with Crippen LogP contribution in [0.5, 0.6) is 0 Å². The SMILES string of the molecule is O=C(NCc1ccc(NC(=O)c2ccncc2)cc1)NC1CCSc2c(F)cccc21. The number of nitrogens with one attached hydrogen (secondary N) is 3. The van der Waals surface area contributed by atoms with Gasteiger partial charge in [-0.3, -0.25) is 9.78 Å². The number of halogens is 1. The summed E-state index contributed by atoms with van der Waals surface area (Å²) in [6.45, 7) is 0.335. The van der Waals surface area contributed by atoms with E-state index in [0.717, 1.165) is 23.3 Å². The van der Waals surface area contributed by atoms with Gasteiger partial charge < -0.3 is 16.0 Å². The first-order chi connectivity index (χ1) is 15.1. The molecule has 31 heavy (non-hydrogen) atoms. The van der Waals surface area contributed by atoms with Crippen LogP contribution in [0.3, 0.4) is 0 Å². The number of fused-ring (bicyclic) bond motifs is 1. The molecule has 2 aromatic carbocycles. The lowest BCUT2D eigenvalue weighted by molar-refractivity contribution is 0.102. The van der Waals surface area contributed by atoms with Crippen LogP contribution in [0.1, 0.15) is 33.9 Å². The van der Waals surface area contributed by atoms with Crippen LogP contribution >= 0.6 is 11.8 Å². The first-order valence-corrected chi connectivity index (χ1v) is 10.8. The van der Waals surface area contributed by atoms with Crippen LogP contribution in [0.15, 0.2) is 71.9 Å². The van der Waals surface area contributed by atoms with Gasteiger partial charge in [-0.2, -0.15) is 0 Å². The molecule has 1 atom stereocenters. The van der Waals surface area contributed by atoms with Gasteiger partial charge in [-0.25, -0.2) is 9.18 Å². The van der Waals surface area contributed by atoms with Gasteiger partial charge in [0.05, 0.1) is 6.04 Å². The Labute approximate surface area is 183 Å². The van der Waals surface area contributed by atoms with Gasteiger partial charge in [0.2, 0.25) is 0 Å². The van der Waals surface area contributed by atoms with Crippen molar-refractivity contribution in [3.05, 3.63) is 89.5 Å². The van der Waals surface area contributed by atoms with Gasteiger partial charge in [-0.1, -0.05) is 24.3 Å². The van der Waals surface area contributed by atoms with Crippen LogP contribution in [0.2, 0.25) is 0 Å². The maximum Gasteiger partial charge on any atom is 0.315 e. The summed E-state index contributed by atoms with van der Waals surface area (Å²) in [6, 6.07) is 15.0. The molecule has 1 aromatic heterocycles. The minimum absolute atomic E-state index is 0.210. The highest BCUT2D eigenvalue weighted by Crippen LogP contribution is 2.37. The van der Waals surface area contributed by atoms with E-state index < -0.39 is 0 Å². The number of hydrogen-bond acceptors (Lipinski definition) is 4. The Morgan fingerprint density at radius 1 is 1.06 bits per heavy atom. The first-order valence-electron chi connectivity index (χ1n) is 9.86. The lowest BCUT2D eigenvalue weighted by Gasteiger charge is -2.26. The molecular weight excluding hydrogens is 415 g/mol. The van der Waals surface area contributed by atoms with Gasteiger partial charge >= 0.3 is 6.03 Å². The summed E-state index contributed by atoms with van der Waals surface area (Å²) >= 11 is 1.48. The van der Waals surface area contributed by atoms with Crippen LogP contribution in [0.4, 0.5) is 14.9 Å². The van der Waals surface area contributed by atoms with Gasteiger partial charge in [0.15, 0.2) is 0 Å². The lowest BCUT2D eigenvalue weighted by Crippen LogP contribution is -2.38. The number of urea groups is 1. The van der Waals surface area contributed by atoms with E-state index in [9.17, 15) is 14.0 Å². The molecule has 0 radical (unpaired) electrons. The second-order valence-corrected chi connectivity index (χ2v) is 8.17. The molecule has 6 nitrogen and oxygen atoms in total. The van der Waals surface area contributed by atoms with Crippen LogP contribution in [-0.2, 0) is 6.54 Å². The Morgan fingerprint density at radius 3 is 2.61 bits per heavy atom. The molecule has 0 bridgehead atoms. The molecule has 0 spiro atoms. The second-order valence-electron chi connectivity index (χ2n) is 7.06. The summed E-state index contributed by atoms with van der Waals surface area (Å²) in [5.41, 5.74) is 2.90. The molecule has 3 N–H and O–H groups in total. The maximum atomic E-state index is 14.0. The van der Waals surface area contributed by atoms with E-state index in [0.29, 0.717) is 22.7 Å². The van der Waals surface area contributed by atoms with E-state index >= 15 is 0 Å². The number of anilines is 1. The zero-order valence-electron chi connectivity index (χ0n) is 16.6. The molecule has 3 aromatic rings. The van der Waals surface area contributed by atoms with Crippen molar-refractivity contribution in [2.45, 2.75) is 23.9 Å². The number of hydrogen-bond donors (Lipinski definition) is 3. The van der Waals surface area contributed by atoms with Crippen molar-refractivity contribution in [3.63, 3.8) is 0 Å². The summed E-state index contributed by atoms with van der Waals surface area (Å²) < 4.78 is 14.0. The highest BCUT2D eigenvalue weighted by molar-refractivity contribution is 7.99. The normalized spacial score (nSPS) is 14.9. The fourth-order valence-electron chi connectivity index (χ4n) is 3.34. The predicted molar refractivity (Wildman–Crippen MR) is 118 cm³/mol. The Hall–Kier alpha value is -3.39. The second kappa shape index (κ2) is 9.61. The van der Waals surface area contributed by atoms with Crippen molar-refractivity contribution in [2.75, 3.05) is 11.1 Å². The van der Waals surface area contributed by atoms with Crippen LogP contribution in [-0.4, -0.2) is 22.7 Å². The van der Waals surface area contributed by atoms with E-state index in [1.807, 2.05) is 18.2 Å². The third kappa shape index (κ3) is 5.21. The first kappa shape index (κ1) is 20.9. The molecule has 1 aliphatic rings. The monoisotopic (exact) mass is 436 g/mol. The molecule has 3 amide bonds. The largest absolute Gasteiger partial charge is 0.334 e. The smallest absolute Gasteiger partial charge is 0.315 e. The molecule has 0 saturated carbocycles. The number of nitrogens with zero attached hydrogens (tertiary/aromatic N) is 1. The molecule has 0 fully saturated rings. The van der Waals surface area contributed by atoms with Gasteiger partial charge in [0.1, 0.15) is 5.82 Å². The summed E-state index contributed by atoms with van der Waals surface area (Å²) in [5.74, 6) is 0.298. The van der Waals surface area contributed by atoms with Crippen LogP contribution in [0, 0.1) is 5.82 Å². The Balaban J connectivity index is 1.29. The highest BCUT2D eigenvalue weighted by Gasteiger charge is 2.24. The summed E-state index contributed by atoms with van der Waals surface area (Å²) in [7, 11) is 0. The minimum atomic E-state index is -0.304. The molecule has 4 rings (SSSR count). The fraction of sp³-hybridized carbons (Fsp3) is 0.174. The number of amides is 3. The van der Waals surface area contributed by atoms with Crippen molar-refractivity contribution >= 4 is 29.4 Å². The number of aromatic nitrogens is 1. The number of carbonyl (C=O) groups excluding carboxylic acids is 2. The van der Waals surface area contributed by atoms with E-state index in [1.54, 1.807) is 42.7 Å². The van der Waals surface area contributed by atoms with Crippen molar-refractivity contribution in [1.29, 1.82) is 0 Å². The third-order valence-electron chi connectivity index (χ3n) is 4.94. The van der Waals surface area contributed by atoms with E-state index in [2.05, 4.69) is 20.9 Å². The number of rotatable bonds is 5. The van der Waals surface area contributed by atoms with Crippen LogP contribution < -0.4 is 16.0 Å². The summed E-state index contributed by atoms with van der Waals surface area (Å²) in [5, 5.41) is 8.59. The standard InChI is InChI=1S/C23H21FN4O2S/c24-19-3-1-2-18-20(10-13-31-21(18)19)28-23(30)26-14-15-4-6-17(7-5-15)27-22(29)16-8-11-25-12-9-16/h1-9,11-12,20H,10,13-14H2,(H,27,29)(H2,26,28,30). The molecule has 0 aliphatic carbocycles. The number of benzene rings is 2. The zero-order valence-corrected chi connectivity index (χ0v) is 17.4. The maximum absolute atomic E-state index is 14.0. The molecule has 2 heterocycles. The zero-order chi connectivity index (χ0) is 21.6. The Morgan fingerprint density at radius 2 is 1.84 bits per heavy atom. The Bertz CT molecular complexity index is 1080. The highest BCUT2D eigenvalue weighted by atomic mass is 32.2. The fourth-order valence-corrected chi connectivity index (χ4v) is 4.48. The molecular formula is C23H21FN4O2S. The molecule has 158 valence electrons. The quantitative estimate of drug-likeness (QED) is 0.550. The molecule has 8 heteroatoms. The molecule has 0 saturated heterocycles. The van der Waals surface area contributed by atoms with Gasteiger partial charge in [0, 0.05) is 40.8 Å². The van der Waals surface area contributed by atoms with Crippen LogP contribution in [0.25, 0.3) is 0 Å². The predicted octanol–water partition coefficient (Wildman–Crippen LogP) is 4.51. The van der Waals surface area contributed by atoms with Crippen molar-refractivity contribution < 1.29 is 14.0 Å². The average Bonchev–Trinajstić information content (AvgIpc) is 2.80.